The summed E-state index contributed by atoms with van der Waals surface area (Å²) in [5, 5.41) is 0.817. The Labute approximate surface area is 114 Å². The number of halogens is 3. The van der Waals surface area contributed by atoms with E-state index >= 15 is 0 Å². The van der Waals surface area contributed by atoms with Crippen LogP contribution in [0.2, 0.25) is 0 Å². The molecule has 0 bridgehead atoms. The van der Waals surface area contributed by atoms with Gasteiger partial charge in [0.2, 0.25) is 0 Å². The molecular formula is C16H12F3N. The topological polar surface area (TPSA) is 15.8 Å². The van der Waals surface area contributed by atoms with Crippen molar-refractivity contribution in [2.24, 2.45) is 0 Å². The zero-order valence-electron chi connectivity index (χ0n) is 10.8. The van der Waals surface area contributed by atoms with Gasteiger partial charge in [0.25, 0.3) is 0 Å². The number of aromatic amines is 1. The van der Waals surface area contributed by atoms with Gasteiger partial charge in [-0.15, -0.1) is 0 Å². The first-order valence-corrected chi connectivity index (χ1v) is 6.22. The molecule has 2 aromatic carbocycles. The highest BCUT2D eigenvalue weighted by molar-refractivity contribution is 5.90. The average molecular weight is 275 g/mol. The molecule has 0 aliphatic rings. The summed E-state index contributed by atoms with van der Waals surface area (Å²) >= 11 is 0. The van der Waals surface area contributed by atoms with Gasteiger partial charge in [-0.3, -0.25) is 0 Å². The number of hydrogen-bond acceptors (Lipinski definition) is 0. The van der Waals surface area contributed by atoms with E-state index in [9.17, 15) is 13.2 Å². The van der Waals surface area contributed by atoms with Gasteiger partial charge in [0, 0.05) is 16.6 Å². The quantitative estimate of drug-likeness (QED) is 0.631. The van der Waals surface area contributed by atoms with Gasteiger partial charge in [0.15, 0.2) is 0 Å². The number of aryl methyl sites for hydroxylation is 1. The van der Waals surface area contributed by atoms with Crippen LogP contribution >= 0.6 is 0 Å². The highest BCUT2D eigenvalue weighted by atomic mass is 19.4. The standard InChI is InChI=1S/C16H12F3N/c1-10-13-8-7-12(16(17,18)19)9-14(13)20-15(10)11-5-3-2-4-6-11/h2-9,20H,1H3. The van der Waals surface area contributed by atoms with Crippen molar-refractivity contribution in [3.05, 3.63) is 59.7 Å². The first-order chi connectivity index (χ1) is 9.47. The Balaban J connectivity index is 2.20. The van der Waals surface area contributed by atoms with E-state index in [0.29, 0.717) is 5.52 Å². The Morgan fingerprint density at radius 3 is 2.30 bits per heavy atom. The van der Waals surface area contributed by atoms with Crippen LogP contribution in [0, 0.1) is 6.92 Å². The Kier molecular flexibility index (Phi) is 2.82. The van der Waals surface area contributed by atoms with Crippen LogP contribution in [0.4, 0.5) is 13.2 Å². The van der Waals surface area contributed by atoms with Gasteiger partial charge in [-0.1, -0.05) is 36.4 Å². The van der Waals surface area contributed by atoms with Crippen LogP contribution in [-0.4, -0.2) is 4.98 Å². The van der Waals surface area contributed by atoms with Gasteiger partial charge in [-0.05, 0) is 30.2 Å². The molecule has 0 unspecified atom stereocenters. The fraction of sp³-hybridized carbons (Fsp3) is 0.125. The molecule has 1 heterocycles. The maximum Gasteiger partial charge on any atom is 0.416 e. The number of benzene rings is 2. The monoisotopic (exact) mass is 275 g/mol. The molecule has 0 saturated carbocycles. The Morgan fingerprint density at radius 2 is 1.65 bits per heavy atom. The number of rotatable bonds is 1. The van der Waals surface area contributed by atoms with Crippen LogP contribution in [-0.2, 0) is 6.18 Å². The van der Waals surface area contributed by atoms with Crippen molar-refractivity contribution >= 4 is 10.9 Å². The Hall–Kier alpha value is -2.23. The zero-order chi connectivity index (χ0) is 14.3. The molecule has 1 N–H and O–H groups in total. The van der Waals surface area contributed by atoms with E-state index in [2.05, 4.69) is 4.98 Å². The van der Waals surface area contributed by atoms with Gasteiger partial charge in [-0.2, -0.15) is 13.2 Å². The number of aromatic nitrogens is 1. The minimum absolute atomic E-state index is 0.510. The molecule has 0 saturated heterocycles. The van der Waals surface area contributed by atoms with Crippen molar-refractivity contribution in [2.45, 2.75) is 13.1 Å². The summed E-state index contributed by atoms with van der Waals surface area (Å²) in [6.45, 7) is 1.91. The van der Waals surface area contributed by atoms with Crippen LogP contribution in [0.15, 0.2) is 48.5 Å². The zero-order valence-corrected chi connectivity index (χ0v) is 10.8. The minimum Gasteiger partial charge on any atom is -0.354 e. The molecule has 0 amide bonds. The maximum absolute atomic E-state index is 12.7. The fourth-order valence-electron chi connectivity index (χ4n) is 2.41. The molecule has 3 aromatic rings. The Bertz CT molecular complexity index is 754. The molecule has 0 atom stereocenters. The first-order valence-electron chi connectivity index (χ1n) is 6.22. The molecule has 0 radical (unpaired) electrons. The number of nitrogens with one attached hydrogen (secondary N) is 1. The van der Waals surface area contributed by atoms with Gasteiger partial charge in [-0.25, -0.2) is 0 Å². The first kappa shape index (κ1) is 12.8. The summed E-state index contributed by atoms with van der Waals surface area (Å²) < 4.78 is 38.2. The SMILES string of the molecule is Cc1c(-c2ccccc2)[nH]c2cc(C(F)(F)F)ccc12. The lowest BCUT2D eigenvalue weighted by molar-refractivity contribution is -0.137. The van der Waals surface area contributed by atoms with Crippen LogP contribution < -0.4 is 0 Å². The molecule has 4 heteroatoms. The highest BCUT2D eigenvalue weighted by Gasteiger charge is 2.30. The molecule has 0 aliphatic carbocycles. The van der Waals surface area contributed by atoms with E-state index in [1.54, 1.807) is 0 Å². The van der Waals surface area contributed by atoms with E-state index in [4.69, 9.17) is 0 Å². The lowest BCUT2D eigenvalue weighted by atomic mass is 10.1. The Morgan fingerprint density at radius 1 is 0.950 bits per heavy atom. The van der Waals surface area contributed by atoms with Crippen molar-refractivity contribution in [3.63, 3.8) is 0 Å². The van der Waals surface area contributed by atoms with Crippen molar-refractivity contribution in [3.8, 4) is 11.3 Å². The smallest absolute Gasteiger partial charge is 0.354 e. The molecule has 0 spiro atoms. The molecule has 0 fully saturated rings. The summed E-state index contributed by atoms with van der Waals surface area (Å²) in [5.41, 5.74) is 2.66. The van der Waals surface area contributed by atoms with Crippen molar-refractivity contribution < 1.29 is 13.2 Å². The summed E-state index contributed by atoms with van der Waals surface area (Å²) in [6, 6.07) is 13.4. The van der Waals surface area contributed by atoms with E-state index < -0.39 is 11.7 Å². The summed E-state index contributed by atoms with van der Waals surface area (Å²) in [6.07, 6.45) is -4.32. The molecule has 1 aromatic heterocycles. The van der Waals surface area contributed by atoms with E-state index in [1.807, 2.05) is 37.3 Å². The van der Waals surface area contributed by atoms with Crippen LogP contribution in [0.1, 0.15) is 11.1 Å². The van der Waals surface area contributed by atoms with Gasteiger partial charge >= 0.3 is 6.18 Å². The highest BCUT2D eigenvalue weighted by Crippen LogP contribution is 2.34. The number of hydrogen-bond donors (Lipinski definition) is 1. The second-order valence-electron chi connectivity index (χ2n) is 4.75. The van der Waals surface area contributed by atoms with Crippen molar-refractivity contribution in [1.82, 2.24) is 4.98 Å². The second-order valence-corrected chi connectivity index (χ2v) is 4.75. The van der Waals surface area contributed by atoms with Crippen LogP contribution in [0.3, 0.4) is 0 Å². The van der Waals surface area contributed by atoms with Gasteiger partial charge in [0.1, 0.15) is 0 Å². The van der Waals surface area contributed by atoms with Gasteiger partial charge < -0.3 is 4.98 Å². The maximum atomic E-state index is 12.7. The van der Waals surface area contributed by atoms with E-state index in [0.717, 1.165) is 34.3 Å². The minimum atomic E-state index is -4.32. The largest absolute Gasteiger partial charge is 0.416 e. The van der Waals surface area contributed by atoms with Crippen LogP contribution in [0.25, 0.3) is 22.2 Å². The molecular weight excluding hydrogens is 263 g/mol. The van der Waals surface area contributed by atoms with Gasteiger partial charge in [0.05, 0.1) is 5.56 Å². The number of H-pyrrole nitrogens is 1. The summed E-state index contributed by atoms with van der Waals surface area (Å²) in [4.78, 5) is 3.09. The van der Waals surface area contributed by atoms with E-state index in [1.165, 1.54) is 6.07 Å². The predicted octanol–water partition coefficient (Wildman–Crippen LogP) is 5.16. The predicted molar refractivity (Wildman–Crippen MR) is 73.5 cm³/mol. The van der Waals surface area contributed by atoms with Crippen molar-refractivity contribution in [1.29, 1.82) is 0 Å². The lowest BCUT2D eigenvalue weighted by Crippen LogP contribution is -2.04. The second kappa shape index (κ2) is 4.40. The van der Waals surface area contributed by atoms with E-state index in [-0.39, 0.29) is 0 Å². The molecule has 3 rings (SSSR count). The summed E-state index contributed by atoms with van der Waals surface area (Å²) in [5.74, 6) is 0. The third kappa shape index (κ3) is 2.07. The third-order valence-corrected chi connectivity index (χ3v) is 3.45. The lowest BCUT2D eigenvalue weighted by Gasteiger charge is -2.05. The number of fused-ring (bicyclic) bond motifs is 1. The molecule has 20 heavy (non-hydrogen) atoms. The van der Waals surface area contributed by atoms with Crippen molar-refractivity contribution in [2.75, 3.05) is 0 Å². The summed E-state index contributed by atoms with van der Waals surface area (Å²) in [7, 11) is 0. The number of alkyl halides is 3. The molecule has 1 nitrogen and oxygen atoms in total. The molecule has 102 valence electrons. The normalized spacial score (nSPS) is 12.0. The third-order valence-electron chi connectivity index (χ3n) is 3.45. The fourth-order valence-corrected chi connectivity index (χ4v) is 2.41. The molecule has 0 aliphatic heterocycles. The van der Waals surface area contributed by atoms with Crippen LogP contribution in [0.5, 0.6) is 0 Å². The average Bonchev–Trinajstić information content (AvgIpc) is 2.76.